The molecular weight excluding hydrogens is 543 g/mol. The fraction of sp³-hybridized carbons (Fsp3) is 0. The first-order chi connectivity index (χ1) is 21.3. The van der Waals surface area contributed by atoms with Crippen LogP contribution in [0.5, 0.6) is 0 Å². The predicted molar refractivity (Wildman–Crippen MR) is 184 cm³/mol. The Hall–Kier alpha value is -5.38. The molecule has 0 saturated heterocycles. The van der Waals surface area contributed by atoms with E-state index in [9.17, 15) is 0 Å². The average Bonchev–Trinajstić information content (AvgIpc) is 3.64. The summed E-state index contributed by atoms with van der Waals surface area (Å²) < 4.78 is 9.11. The van der Waals surface area contributed by atoms with Crippen LogP contribution in [0, 0.1) is 0 Å². The molecule has 0 spiro atoms. The third-order valence-corrected chi connectivity index (χ3v) is 9.66. The third kappa shape index (κ3) is 3.79. The summed E-state index contributed by atoms with van der Waals surface area (Å²) in [5, 5.41) is 7.34. The minimum absolute atomic E-state index is 0.919. The molecule has 0 saturated carbocycles. The van der Waals surface area contributed by atoms with Gasteiger partial charge in [0.2, 0.25) is 0 Å². The molecule has 0 unspecified atom stereocenters. The highest BCUT2D eigenvalue weighted by atomic mass is 32.1. The van der Waals surface area contributed by atoms with E-state index in [-0.39, 0.29) is 0 Å². The van der Waals surface area contributed by atoms with Crippen LogP contribution in [0.25, 0.3) is 64.0 Å². The van der Waals surface area contributed by atoms with Crippen LogP contribution in [0.2, 0.25) is 0 Å². The predicted octanol–water partition coefficient (Wildman–Crippen LogP) is 12.2. The number of nitrogens with zero attached hydrogens (tertiary/aromatic N) is 1. The number of para-hydroxylation sites is 4. The first-order valence-electron chi connectivity index (χ1n) is 14.5. The Bertz CT molecular complexity index is 2420. The van der Waals surface area contributed by atoms with Gasteiger partial charge in [-0.15, -0.1) is 11.3 Å². The molecule has 0 aliphatic heterocycles. The number of benzene rings is 7. The van der Waals surface area contributed by atoms with Crippen molar-refractivity contribution in [1.29, 1.82) is 0 Å². The van der Waals surface area contributed by atoms with E-state index in [1.54, 1.807) is 0 Å². The van der Waals surface area contributed by atoms with Crippen LogP contribution in [0.15, 0.2) is 156 Å². The van der Waals surface area contributed by atoms with E-state index in [0.29, 0.717) is 0 Å². The molecule has 202 valence electrons. The summed E-state index contributed by atoms with van der Waals surface area (Å²) >= 11 is 1.87. The fourth-order valence-corrected chi connectivity index (χ4v) is 7.71. The van der Waals surface area contributed by atoms with Crippen LogP contribution in [0.3, 0.4) is 0 Å². The van der Waals surface area contributed by atoms with E-state index in [0.717, 1.165) is 44.6 Å². The van der Waals surface area contributed by atoms with Crippen LogP contribution in [0.4, 0.5) is 17.1 Å². The normalized spacial score (nSPS) is 11.7. The SMILES string of the molecule is c1ccc(N(c2ccccc2)c2ccc3sc4c5ccccc5c(-c5cccc6c5oc5ccccc56)cc4c3c2)cc1. The van der Waals surface area contributed by atoms with Gasteiger partial charge in [0.25, 0.3) is 0 Å². The van der Waals surface area contributed by atoms with Gasteiger partial charge in [-0.2, -0.15) is 0 Å². The number of hydrogen-bond acceptors (Lipinski definition) is 3. The fourth-order valence-electron chi connectivity index (χ4n) is 6.51. The van der Waals surface area contributed by atoms with Crippen molar-refractivity contribution in [2.45, 2.75) is 0 Å². The first-order valence-corrected chi connectivity index (χ1v) is 15.3. The third-order valence-electron chi connectivity index (χ3n) is 8.44. The molecule has 2 aromatic heterocycles. The number of rotatable bonds is 4. The molecule has 0 radical (unpaired) electrons. The zero-order valence-corrected chi connectivity index (χ0v) is 24.0. The van der Waals surface area contributed by atoms with Crippen molar-refractivity contribution in [2.24, 2.45) is 0 Å². The number of fused-ring (bicyclic) bond motifs is 8. The summed E-state index contributed by atoms with van der Waals surface area (Å²) in [6, 6.07) is 54.1. The highest BCUT2D eigenvalue weighted by molar-refractivity contribution is 7.26. The van der Waals surface area contributed by atoms with Gasteiger partial charge >= 0.3 is 0 Å². The molecule has 0 N–H and O–H groups in total. The maximum absolute atomic E-state index is 6.51. The van der Waals surface area contributed by atoms with E-state index in [1.165, 1.54) is 36.5 Å². The zero-order chi connectivity index (χ0) is 28.3. The summed E-state index contributed by atoms with van der Waals surface area (Å²) in [4.78, 5) is 2.33. The minimum atomic E-state index is 0.919. The van der Waals surface area contributed by atoms with E-state index in [2.05, 4.69) is 150 Å². The maximum atomic E-state index is 6.51. The van der Waals surface area contributed by atoms with Gasteiger partial charge in [0.15, 0.2) is 0 Å². The average molecular weight is 568 g/mol. The molecule has 0 atom stereocenters. The van der Waals surface area contributed by atoms with E-state index < -0.39 is 0 Å². The van der Waals surface area contributed by atoms with Crippen molar-refractivity contribution >= 4 is 81.3 Å². The van der Waals surface area contributed by atoms with Crippen LogP contribution in [0.1, 0.15) is 0 Å². The second-order valence-corrected chi connectivity index (χ2v) is 12.0. The van der Waals surface area contributed by atoms with Gasteiger partial charge in [-0.25, -0.2) is 0 Å². The van der Waals surface area contributed by atoms with Gasteiger partial charge < -0.3 is 9.32 Å². The molecular formula is C40H25NOS. The second kappa shape index (κ2) is 9.59. The Kier molecular flexibility index (Phi) is 5.40. The molecule has 0 amide bonds. The number of anilines is 3. The monoisotopic (exact) mass is 567 g/mol. The topological polar surface area (TPSA) is 16.4 Å². The van der Waals surface area contributed by atoms with Gasteiger partial charge in [-0.05, 0) is 65.5 Å². The standard InChI is InChI=1S/C40H25NOS/c1-3-12-26(13-4-1)41(27-14-5-2-6-15-27)28-22-23-38-35(24-28)36-25-34(29-16-7-8-18-33(29)40(36)43-38)32-20-11-19-31-30-17-9-10-21-37(30)42-39(31)32/h1-25H. The van der Waals surface area contributed by atoms with E-state index in [1.807, 2.05) is 17.4 Å². The van der Waals surface area contributed by atoms with Gasteiger partial charge in [0.1, 0.15) is 11.2 Å². The lowest BCUT2D eigenvalue weighted by Gasteiger charge is -2.25. The smallest absolute Gasteiger partial charge is 0.143 e. The van der Waals surface area contributed by atoms with Gasteiger partial charge in [0.05, 0.1) is 0 Å². The highest BCUT2D eigenvalue weighted by Gasteiger charge is 2.19. The number of furan rings is 1. The highest BCUT2D eigenvalue weighted by Crippen LogP contribution is 2.46. The number of hydrogen-bond donors (Lipinski definition) is 0. The Morgan fingerprint density at radius 1 is 0.419 bits per heavy atom. The second-order valence-electron chi connectivity index (χ2n) is 10.9. The van der Waals surface area contributed by atoms with Crippen LogP contribution in [-0.4, -0.2) is 0 Å². The van der Waals surface area contributed by atoms with Gasteiger partial charge in [0, 0.05) is 59.0 Å². The molecule has 2 heterocycles. The van der Waals surface area contributed by atoms with Crippen molar-refractivity contribution in [3.8, 4) is 11.1 Å². The Labute approximate surface area is 252 Å². The Morgan fingerprint density at radius 2 is 1.07 bits per heavy atom. The Balaban J connectivity index is 1.33. The summed E-state index contributed by atoms with van der Waals surface area (Å²) in [6.45, 7) is 0. The van der Waals surface area contributed by atoms with Crippen LogP contribution >= 0.6 is 11.3 Å². The van der Waals surface area contributed by atoms with Crippen LogP contribution in [-0.2, 0) is 0 Å². The van der Waals surface area contributed by atoms with E-state index >= 15 is 0 Å². The molecule has 2 nitrogen and oxygen atoms in total. The van der Waals surface area contributed by atoms with Gasteiger partial charge in [-0.1, -0.05) is 97.1 Å². The van der Waals surface area contributed by atoms with Crippen molar-refractivity contribution in [3.63, 3.8) is 0 Å². The van der Waals surface area contributed by atoms with Crippen molar-refractivity contribution < 1.29 is 4.42 Å². The molecule has 7 aromatic carbocycles. The lowest BCUT2D eigenvalue weighted by atomic mass is 9.94. The summed E-state index contributed by atoms with van der Waals surface area (Å²) in [6.07, 6.45) is 0. The van der Waals surface area contributed by atoms with Crippen molar-refractivity contribution in [2.75, 3.05) is 4.90 Å². The van der Waals surface area contributed by atoms with Crippen molar-refractivity contribution in [3.05, 3.63) is 152 Å². The van der Waals surface area contributed by atoms with Crippen molar-refractivity contribution in [1.82, 2.24) is 0 Å². The molecule has 9 aromatic rings. The molecule has 0 bridgehead atoms. The summed E-state index contributed by atoms with van der Waals surface area (Å²) in [5.41, 5.74) is 7.58. The largest absolute Gasteiger partial charge is 0.455 e. The van der Waals surface area contributed by atoms with Gasteiger partial charge in [-0.3, -0.25) is 0 Å². The quantitative estimate of drug-likeness (QED) is 0.210. The number of thiophene rings is 1. The maximum Gasteiger partial charge on any atom is 0.143 e. The van der Waals surface area contributed by atoms with Crippen LogP contribution < -0.4 is 4.90 Å². The minimum Gasteiger partial charge on any atom is -0.455 e. The lowest BCUT2D eigenvalue weighted by molar-refractivity contribution is 0.670. The molecule has 9 rings (SSSR count). The first kappa shape index (κ1) is 24.2. The zero-order valence-electron chi connectivity index (χ0n) is 23.2. The summed E-state index contributed by atoms with van der Waals surface area (Å²) in [7, 11) is 0. The summed E-state index contributed by atoms with van der Waals surface area (Å²) in [5.74, 6) is 0. The molecule has 43 heavy (non-hydrogen) atoms. The molecule has 3 heteroatoms. The molecule has 0 aliphatic carbocycles. The Morgan fingerprint density at radius 3 is 1.84 bits per heavy atom. The van der Waals surface area contributed by atoms with E-state index in [4.69, 9.17) is 4.42 Å². The lowest BCUT2D eigenvalue weighted by Crippen LogP contribution is -2.09. The molecule has 0 aliphatic rings. The molecule has 0 fully saturated rings.